The number of carbonyl (C=O) groups excluding carboxylic acids is 3. The zero-order chi connectivity index (χ0) is 23.6. The summed E-state index contributed by atoms with van der Waals surface area (Å²) in [6.07, 6.45) is 3.27. The van der Waals surface area contributed by atoms with Gasteiger partial charge in [0.2, 0.25) is 0 Å². The molecule has 2 aromatic rings. The smallest absolute Gasteiger partial charge is 0.344 e. The van der Waals surface area contributed by atoms with Gasteiger partial charge >= 0.3 is 6.03 Å². The van der Waals surface area contributed by atoms with Crippen LogP contribution in [0.25, 0.3) is 0 Å². The Balaban J connectivity index is 1.58. The van der Waals surface area contributed by atoms with E-state index in [2.05, 4.69) is 10.7 Å². The number of nitrogens with one attached hydrogen (secondary N) is 2. The molecule has 0 radical (unpaired) electrons. The molecule has 0 saturated carbocycles. The second-order valence-corrected chi connectivity index (χ2v) is 8.14. The summed E-state index contributed by atoms with van der Waals surface area (Å²) in [5.41, 5.74) is 1.88. The Labute approximate surface area is 190 Å². The number of hydrogen-bond acceptors (Lipinski definition) is 6. The van der Waals surface area contributed by atoms with Gasteiger partial charge in [-0.2, -0.15) is 5.01 Å². The maximum atomic E-state index is 13.2. The number of anilines is 1. The third kappa shape index (κ3) is 3.99. The molecule has 2 saturated heterocycles. The molecular weight excluding hydrogens is 426 g/mol. The molecule has 2 aromatic carbocycles. The highest BCUT2D eigenvalue weighted by atomic mass is 16.6. The van der Waals surface area contributed by atoms with Crippen molar-refractivity contribution in [2.75, 3.05) is 18.0 Å². The largest absolute Gasteiger partial charge is 0.366 e. The Hall–Kier alpha value is -3.95. The summed E-state index contributed by atoms with van der Waals surface area (Å²) in [5.74, 6) is -1.40. The Morgan fingerprint density at radius 1 is 1.12 bits per heavy atom. The molecule has 4 rings (SSSR count). The van der Waals surface area contributed by atoms with Crippen molar-refractivity contribution >= 4 is 29.2 Å². The molecule has 4 amide bonds. The van der Waals surface area contributed by atoms with Crippen molar-refractivity contribution in [3.05, 3.63) is 69.8 Å². The number of hydrogen-bond donors (Lipinski definition) is 2. The van der Waals surface area contributed by atoms with E-state index in [4.69, 9.17) is 0 Å². The lowest BCUT2D eigenvalue weighted by atomic mass is 9.87. The summed E-state index contributed by atoms with van der Waals surface area (Å²) < 4.78 is 0. The zero-order valence-electron chi connectivity index (χ0n) is 18.2. The van der Waals surface area contributed by atoms with E-state index in [0.717, 1.165) is 19.3 Å². The second kappa shape index (κ2) is 8.89. The second-order valence-electron chi connectivity index (χ2n) is 8.14. The van der Waals surface area contributed by atoms with Crippen LogP contribution in [0.2, 0.25) is 0 Å². The minimum atomic E-state index is -1.30. The minimum Gasteiger partial charge on any atom is -0.366 e. The van der Waals surface area contributed by atoms with Gasteiger partial charge in [-0.25, -0.2) is 4.79 Å². The molecule has 1 unspecified atom stereocenters. The fourth-order valence-corrected chi connectivity index (χ4v) is 4.42. The van der Waals surface area contributed by atoms with Crippen LogP contribution in [0.15, 0.2) is 48.5 Å². The molecule has 10 heteroatoms. The van der Waals surface area contributed by atoms with Crippen LogP contribution in [-0.4, -0.2) is 40.9 Å². The van der Waals surface area contributed by atoms with E-state index in [1.165, 1.54) is 12.1 Å². The molecule has 33 heavy (non-hydrogen) atoms. The number of amides is 4. The monoisotopic (exact) mass is 451 g/mol. The SMILES string of the molecule is CCC1(c2ccccc2)NC(=O)N(NC(=O)c2ccc(N3CCCCC3)c([N+](=O)[O-])c2)C1=O. The van der Waals surface area contributed by atoms with Crippen molar-refractivity contribution < 1.29 is 19.3 Å². The molecule has 2 fully saturated rings. The lowest BCUT2D eigenvalue weighted by Gasteiger charge is -2.28. The standard InChI is InChI=1S/C23H25N5O5/c1-2-23(17-9-5-3-6-10-17)21(30)27(22(31)24-23)25-20(29)16-11-12-18(19(15-16)28(32)33)26-13-7-4-8-14-26/h3,5-6,9-12,15H,2,4,7-8,13-14H2,1H3,(H,24,31)(H,25,29). The van der Waals surface area contributed by atoms with Crippen LogP contribution in [0, 0.1) is 10.1 Å². The van der Waals surface area contributed by atoms with Crippen molar-refractivity contribution in [1.29, 1.82) is 0 Å². The van der Waals surface area contributed by atoms with E-state index >= 15 is 0 Å². The quantitative estimate of drug-likeness (QED) is 0.395. The first-order valence-electron chi connectivity index (χ1n) is 10.9. The van der Waals surface area contributed by atoms with Crippen molar-refractivity contribution in [2.24, 2.45) is 0 Å². The fourth-order valence-electron chi connectivity index (χ4n) is 4.42. The molecule has 2 aliphatic rings. The third-order valence-corrected chi connectivity index (χ3v) is 6.23. The van der Waals surface area contributed by atoms with Crippen molar-refractivity contribution in [2.45, 2.75) is 38.1 Å². The van der Waals surface area contributed by atoms with Gasteiger partial charge in [0.25, 0.3) is 17.5 Å². The van der Waals surface area contributed by atoms with E-state index in [1.54, 1.807) is 43.3 Å². The molecule has 0 aromatic heterocycles. The van der Waals surface area contributed by atoms with E-state index in [9.17, 15) is 24.5 Å². The van der Waals surface area contributed by atoms with Crippen molar-refractivity contribution in [3.63, 3.8) is 0 Å². The summed E-state index contributed by atoms with van der Waals surface area (Å²) in [5, 5.41) is 15.0. The van der Waals surface area contributed by atoms with Gasteiger partial charge in [0.1, 0.15) is 11.2 Å². The normalized spacial score (nSPS) is 20.5. The molecule has 2 aliphatic heterocycles. The highest BCUT2D eigenvalue weighted by molar-refractivity contribution is 6.09. The number of benzene rings is 2. The Bertz CT molecular complexity index is 1100. The molecule has 0 spiro atoms. The van der Waals surface area contributed by atoms with Crippen molar-refractivity contribution in [1.82, 2.24) is 15.8 Å². The third-order valence-electron chi connectivity index (χ3n) is 6.23. The number of imide groups is 1. The first-order valence-corrected chi connectivity index (χ1v) is 10.9. The van der Waals surface area contributed by atoms with Gasteiger partial charge in [0.15, 0.2) is 0 Å². The van der Waals surface area contributed by atoms with Gasteiger partial charge in [-0.05, 0) is 43.4 Å². The van der Waals surface area contributed by atoms with Crippen LogP contribution in [0.3, 0.4) is 0 Å². The summed E-state index contributed by atoms with van der Waals surface area (Å²) in [7, 11) is 0. The van der Waals surface area contributed by atoms with Gasteiger partial charge in [-0.1, -0.05) is 37.3 Å². The van der Waals surface area contributed by atoms with Crippen LogP contribution in [0.5, 0.6) is 0 Å². The van der Waals surface area contributed by atoms with Gasteiger partial charge in [0.05, 0.1) is 4.92 Å². The number of piperidine rings is 1. The van der Waals surface area contributed by atoms with Crippen LogP contribution in [-0.2, 0) is 10.3 Å². The first-order chi connectivity index (χ1) is 15.9. The minimum absolute atomic E-state index is 0.0169. The molecule has 172 valence electrons. The topological polar surface area (TPSA) is 125 Å². The predicted molar refractivity (Wildman–Crippen MR) is 120 cm³/mol. The molecule has 10 nitrogen and oxygen atoms in total. The van der Waals surface area contributed by atoms with Crippen LogP contribution >= 0.6 is 0 Å². The van der Waals surface area contributed by atoms with Gasteiger partial charge in [-0.3, -0.25) is 25.1 Å². The summed E-state index contributed by atoms with van der Waals surface area (Å²) >= 11 is 0. The molecule has 0 bridgehead atoms. The molecule has 2 N–H and O–H groups in total. The fraction of sp³-hybridized carbons (Fsp3) is 0.348. The number of rotatable bonds is 6. The highest BCUT2D eigenvalue weighted by Crippen LogP contribution is 2.33. The van der Waals surface area contributed by atoms with Gasteiger partial charge < -0.3 is 10.2 Å². The van der Waals surface area contributed by atoms with E-state index < -0.39 is 28.3 Å². The number of nitrogens with zero attached hydrogens (tertiary/aromatic N) is 3. The first kappa shape index (κ1) is 22.3. The molecule has 0 aliphatic carbocycles. The lowest BCUT2D eigenvalue weighted by Crippen LogP contribution is -2.48. The number of urea groups is 1. The summed E-state index contributed by atoms with van der Waals surface area (Å²) in [4.78, 5) is 51.8. The average molecular weight is 451 g/mol. The van der Waals surface area contributed by atoms with E-state index in [1.807, 2.05) is 4.90 Å². The van der Waals surface area contributed by atoms with E-state index in [-0.39, 0.29) is 17.7 Å². The van der Waals surface area contributed by atoms with Crippen molar-refractivity contribution in [3.8, 4) is 0 Å². The Morgan fingerprint density at radius 3 is 2.45 bits per heavy atom. The maximum absolute atomic E-state index is 13.2. The average Bonchev–Trinajstić information content (AvgIpc) is 3.09. The van der Waals surface area contributed by atoms with Crippen LogP contribution < -0.4 is 15.6 Å². The van der Waals surface area contributed by atoms with Gasteiger partial charge in [0, 0.05) is 24.7 Å². The molecule has 1 atom stereocenters. The van der Waals surface area contributed by atoms with Gasteiger partial charge in [-0.15, -0.1) is 0 Å². The van der Waals surface area contributed by atoms with E-state index in [0.29, 0.717) is 29.3 Å². The zero-order valence-corrected chi connectivity index (χ0v) is 18.2. The number of nitro groups is 1. The lowest BCUT2D eigenvalue weighted by molar-refractivity contribution is -0.384. The number of nitro benzene ring substituents is 1. The maximum Gasteiger partial charge on any atom is 0.344 e. The Kier molecular flexibility index (Phi) is 5.99. The summed E-state index contributed by atoms with van der Waals surface area (Å²) in [6, 6.07) is 12.2. The highest BCUT2D eigenvalue weighted by Gasteiger charge is 2.52. The number of carbonyl (C=O) groups is 3. The Morgan fingerprint density at radius 2 is 1.82 bits per heavy atom. The number of hydrazine groups is 1. The van der Waals surface area contributed by atoms with Crippen LogP contribution in [0.1, 0.15) is 48.5 Å². The molecule has 2 heterocycles. The summed E-state index contributed by atoms with van der Waals surface area (Å²) in [6.45, 7) is 3.19. The molecular formula is C23H25N5O5. The predicted octanol–water partition coefficient (Wildman–Crippen LogP) is 3.09. The van der Waals surface area contributed by atoms with Crippen LogP contribution in [0.4, 0.5) is 16.2 Å².